The van der Waals surface area contributed by atoms with Crippen molar-refractivity contribution in [3.05, 3.63) is 29.8 Å². The molecule has 0 aromatic heterocycles. The van der Waals surface area contributed by atoms with Crippen LogP contribution < -0.4 is 4.90 Å². The summed E-state index contributed by atoms with van der Waals surface area (Å²) < 4.78 is 11.3. The van der Waals surface area contributed by atoms with Crippen LogP contribution in [-0.2, 0) is 9.16 Å². The van der Waals surface area contributed by atoms with Crippen molar-refractivity contribution in [3.8, 4) is 0 Å². The SMILES string of the molecule is CCOC(=O)c1cccc(N(CC)CCCO[Si](C)(C)C(C)(C)C)c1. The van der Waals surface area contributed by atoms with Gasteiger partial charge in [-0.2, -0.15) is 0 Å². The number of carbonyl (C=O) groups is 1. The van der Waals surface area contributed by atoms with Crippen LogP contribution in [0.1, 0.15) is 51.4 Å². The smallest absolute Gasteiger partial charge is 0.338 e. The molecule has 0 bridgehead atoms. The predicted octanol–water partition coefficient (Wildman–Crippen LogP) is 5.10. The third-order valence-corrected chi connectivity index (χ3v) is 9.48. The maximum absolute atomic E-state index is 11.9. The molecule has 0 unspecified atom stereocenters. The quantitative estimate of drug-likeness (QED) is 0.347. The van der Waals surface area contributed by atoms with E-state index in [-0.39, 0.29) is 11.0 Å². The Bertz CT molecular complexity index is 552. The van der Waals surface area contributed by atoms with E-state index in [0.29, 0.717) is 12.2 Å². The van der Waals surface area contributed by atoms with Gasteiger partial charge in [0.05, 0.1) is 12.2 Å². The van der Waals surface area contributed by atoms with Gasteiger partial charge in [-0.15, -0.1) is 0 Å². The number of nitrogens with zero attached hydrogens (tertiary/aromatic N) is 1. The van der Waals surface area contributed by atoms with E-state index in [0.717, 1.165) is 31.8 Å². The van der Waals surface area contributed by atoms with Gasteiger partial charge in [-0.3, -0.25) is 0 Å². The van der Waals surface area contributed by atoms with Gasteiger partial charge in [0.15, 0.2) is 8.32 Å². The lowest BCUT2D eigenvalue weighted by Gasteiger charge is -2.36. The van der Waals surface area contributed by atoms with E-state index < -0.39 is 8.32 Å². The van der Waals surface area contributed by atoms with Crippen molar-refractivity contribution in [1.29, 1.82) is 0 Å². The van der Waals surface area contributed by atoms with Crippen molar-refractivity contribution in [2.75, 3.05) is 31.2 Å². The van der Waals surface area contributed by atoms with Crippen LogP contribution in [0.15, 0.2) is 24.3 Å². The average molecular weight is 366 g/mol. The van der Waals surface area contributed by atoms with E-state index in [4.69, 9.17) is 9.16 Å². The summed E-state index contributed by atoms with van der Waals surface area (Å²) >= 11 is 0. The first-order valence-corrected chi connectivity index (χ1v) is 12.2. The van der Waals surface area contributed by atoms with Crippen molar-refractivity contribution >= 4 is 20.0 Å². The van der Waals surface area contributed by atoms with Gasteiger partial charge < -0.3 is 14.1 Å². The maximum atomic E-state index is 11.9. The summed E-state index contributed by atoms with van der Waals surface area (Å²) in [4.78, 5) is 14.2. The molecule has 0 saturated carbocycles. The Labute approximate surface area is 154 Å². The summed E-state index contributed by atoms with van der Waals surface area (Å²) in [5.41, 5.74) is 1.66. The van der Waals surface area contributed by atoms with Gasteiger partial charge in [-0.1, -0.05) is 26.8 Å². The summed E-state index contributed by atoms with van der Waals surface area (Å²) in [6, 6.07) is 7.67. The van der Waals surface area contributed by atoms with Crippen LogP contribution in [0.3, 0.4) is 0 Å². The molecule has 5 heteroatoms. The molecule has 142 valence electrons. The van der Waals surface area contributed by atoms with E-state index in [1.165, 1.54) is 0 Å². The number of hydrogen-bond donors (Lipinski definition) is 0. The van der Waals surface area contributed by atoms with E-state index in [1.807, 2.05) is 25.1 Å². The highest BCUT2D eigenvalue weighted by Crippen LogP contribution is 2.36. The Hall–Kier alpha value is -1.33. The lowest BCUT2D eigenvalue weighted by atomic mass is 10.2. The van der Waals surface area contributed by atoms with Gasteiger partial charge in [0.25, 0.3) is 0 Å². The third-order valence-electron chi connectivity index (χ3n) is 4.95. The fourth-order valence-electron chi connectivity index (χ4n) is 2.31. The topological polar surface area (TPSA) is 38.8 Å². The molecule has 1 aromatic carbocycles. The standard InChI is InChI=1S/C20H35NO3Si/c1-8-21(14-11-15-24-25(6,7)20(3,4)5)18-13-10-12-17(16-18)19(22)23-9-2/h10,12-13,16H,8-9,11,14-15H2,1-7H3. The number of benzene rings is 1. The Balaban J connectivity index is 2.63. The Morgan fingerprint density at radius 3 is 2.44 bits per heavy atom. The van der Waals surface area contributed by atoms with Gasteiger partial charge >= 0.3 is 5.97 Å². The van der Waals surface area contributed by atoms with E-state index >= 15 is 0 Å². The number of hydrogen-bond acceptors (Lipinski definition) is 4. The molecule has 0 aliphatic rings. The second kappa shape index (κ2) is 9.39. The number of rotatable bonds is 9. The molecular formula is C20H35NO3Si. The highest BCUT2D eigenvalue weighted by atomic mass is 28.4. The van der Waals surface area contributed by atoms with Crippen LogP contribution in [0.25, 0.3) is 0 Å². The zero-order valence-corrected chi connectivity index (χ0v) is 18.0. The molecule has 1 rings (SSSR count). The monoisotopic (exact) mass is 365 g/mol. The third kappa shape index (κ3) is 6.48. The van der Waals surface area contributed by atoms with Crippen LogP contribution >= 0.6 is 0 Å². The molecule has 0 aliphatic heterocycles. The molecule has 0 aliphatic carbocycles. The number of esters is 1. The van der Waals surface area contributed by atoms with Gasteiger partial charge in [0.1, 0.15) is 0 Å². The summed E-state index contributed by atoms with van der Waals surface area (Å²) in [7, 11) is -1.68. The fourth-order valence-corrected chi connectivity index (χ4v) is 3.40. The van der Waals surface area contributed by atoms with Crippen LogP contribution in [0.2, 0.25) is 18.1 Å². The van der Waals surface area contributed by atoms with E-state index in [1.54, 1.807) is 6.07 Å². The first-order valence-electron chi connectivity index (χ1n) is 9.28. The van der Waals surface area contributed by atoms with Gasteiger partial charge in [-0.05, 0) is 56.6 Å². The normalized spacial score (nSPS) is 12.1. The molecule has 0 atom stereocenters. The fraction of sp³-hybridized carbons (Fsp3) is 0.650. The highest BCUT2D eigenvalue weighted by Gasteiger charge is 2.36. The summed E-state index contributed by atoms with van der Waals surface area (Å²) in [5.74, 6) is -0.262. The van der Waals surface area contributed by atoms with E-state index in [9.17, 15) is 4.79 Å². The number of anilines is 1. The summed E-state index contributed by atoms with van der Waals surface area (Å²) in [6.07, 6.45) is 0.976. The minimum Gasteiger partial charge on any atom is -0.462 e. The predicted molar refractivity (Wildman–Crippen MR) is 108 cm³/mol. The van der Waals surface area contributed by atoms with Gasteiger partial charge in [0.2, 0.25) is 0 Å². The lowest BCUT2D eigenvalue weighted by molar-refractivity contribution is 0.0526. The zero-order valence-electron chi connectivity index (χ0n) is 17.0. The Morgan fingerprint density at radius 1 is 1.20 bits per heavy atom. The highest BCUT2D eigenvalue weighted by molar-refractivity contribution is 6.74. The molecule has 0 radical (unpaired) electrons. The summed E-state index contributed by atoms with van der Waals surface area (Å²) in [6.45, 7) is 18.3. The van der Waals surface area contributed by atoms with Crippen LogP contribution in [0.4, 0.5) is 5.69 Å². The van der Waals surface area contributed by atoms with Crippen LogP contribution in [0.5, 0.6) is 0 Å². The molecule has 0 fully saturated rings. The van der Waals surface area contributed by atoms with Crippen LogP contribution in [-0.4, -0.2) is 40.6 Å². The molecule has 1 aromatic rings. The van der Waals surface area contributed by atoms with Gasteiger partial charge in [0, 0.05) is 25.4 Å². The van der Waals surface area contributed by atoms with Crippen molar-refractivity contribution < 1.29 is 14.0 Å². The molecule has 0 N–H and O–H groups in total. The number of carbonyl (C=O) groups excluding carboxylic acids is 1. The zero-order chi connectivity index (χ0) is 19.1. The second-order valence-electron chi connectivity index (χ2n) is 7.81. The molecule has 0 saturated heterocycles. The minimum atomic E-state index is -1.68. The first-order chi connectivity index (χ1) is 11.6. The molecular weight excluding hydrogens is 330 g/mol. The summed E-state index contributed by atoms with van der Waals surface area (Å²) in [5, 5.41) is 0.241. The van der Waals surface area contributed by atoms with Crippen molar-refractivity contribution in [2.45, 2.75) is 59.2 Å². The van der Waals surface area contributed by atoms with Crippen molar-refractivity contribution in [2.24, 2.45) is 0 Å². The average Bonchev–Trinajstić information content (AvgIpc) is 2.54. The lowest BCUT2D eigenvalue weighted by Crippen LogP contribution is -2.41. The molecule has 0 heterocycles. The number of ether oxygens (including phenoxy) is 1. The minimum absolute atomic E-state index is 0.241. The largest absolute Gasteiger partial charge is 0.462 e. The second-order valence-corrected chi connectivity index (χ2v) is 12.6. The van der Waals surface area contributed by atoms with Crippen molar-refractivity contribution in [1.82, 2.24) is 0 Å². The van der Waals surface area contributed by atoms with E-state index in [2.05, 4.69) is 45.7 Å². The maximum Gasteiger partial charge on any atom is 0.338 e. The van der Waals surface area contributed by atoms with Crippen LogP contribution in [0, 0.1) is 0 Å². The molecule has 0 amide bonds. The Morgan fingerprint density at radius 2 is 1.88 bits per heavy atom. The molecule has 4 nitrogen and oxygen atoms in total. The molecule has 0 spiro atoms. The van der Waals surface area contributed by atoms with Crippen molar-refractivity contribution in [3.63, 3.8) is 0 Å². The Kier molecular flexibility index (Phi) is 8.15. The first kappa shape index (κ1) is 21.7. The van der Waals surface area contributed by atoms with Gasteiger partial charge in [-0.25, -0.2) is 4.79 Å². The molecule has 25 heavy (non-hydrogen) atoms.